The highest BCUT2D eigenvalue weighted by Crippen LogP contribution is 2.24. The first-order valence-electron chi connectivity index (χ1n) is 23.5. The summed E-state index contributed by atoms with van der Waals surface area (Å²) in [6.45, 7) is 3.59. The maximum atomic E-state index is 12.8. The molecule has 6 atom stereocenters. The Bertz CT molecular complexity index is 1420. The zero-order valence-corrected chi connectivity index (χ0v) is 38.8. The summed E-state index contributed by atoms with van der Waals surface area (Å²) >= 11 is 0. The van der Waals surface area contributed by atoms with Crippen LogP contribution < -0.4 is 0 Å². The van der Waals surface area contributed by atoms with Gasteiger partial charge in [-0.3, -0.25) is 14.1 Å². The Kier molecular flexibility index (Phi) is 35.5. The number of carbonyl (C=O) groups excluding carboxylic acids is 2. The molecule has 0 aliphatic carbocycles. The maximum Gasteiger partial charge on any atom is 0.306 e. The molecule has 0 spiro atoms. The molecule has 0 aromatic heterocycles. The first kappa shape index (κ1) is 57.1. The largest absolute Gasteiger partial charge is 0.462 e. The van der Waals surface area contributed by atoms with Crippen LogP contribution >= 0.6 is 0 Å². The zero-order chi connectivity index (χ0) is 45.5. The number of unbranched alkanes of at least 4 members (excludes halogenated alkanes) is 14. The second kappa shape index (κ2) is 38.5. The van der Waals surface area contributed by atoms with Crippen molar-refractivity contribution in [3.63, 3.8) is 0 Å². The van der Waals surface area contributed by atoms with Crippen molar-refractivity contribution in [3.8, 4) is 0 Å². The van der Waals surface area contributed by atoms with Gasteiger partial charge in [-0.1, -0.05) is 177 Å². The quantitative estimate of drug-likeness (QED) is 0.0199. The fourth-order valence-electron chi connectivity index (χ4n) is 6.70. The summed E-state index contributed by atoms with van der Waals surface area (Å²) in [5.41, 5.74) is 0. The van der Waals surface area contributed by atoms with Gasteiger partial charge < -0.3 is 34.3 Å². The van der Waals surface area contributed by atoms with Crippen LogP contribution in [0.2, 0.25) is 0 Å². The second-order valence-corrected chi connectivity index (χ2v) is 17.5. The fourth-order valence-corrected chi connectivity index (χ4v) is 7.39. The Morgan fingerprint density at radius 2 is 1.02 bits per heavy atom. The lowest BCUT2D eigenvalue weighted by Crippen LogP contribution is -2.60. The third kappa shape index (κ3) is 32.7. The lowest BCUT2D eigenvalue weighted by Gasteiger charge is -2.40. The van der Waals surface area contributed by atoms with Gasteiger partial charge in [0.25, 0.3) is 10.1 Å². The van der Waals surface area contributed by atoms with Gasteiger partial charge in [-0.25, -0.2) is 0 Å². The lowest BCUT2D eigenvalue weighted by molar-refractivity contribution is -0.297. The molecule has 12 nitrogen and oxygen atoms in total. The predicted molar refractivity (Wildman–Crippen MR) is 247 cm³/mol. The van der Waals surface area contributed by atoms with E-state index in [0.717, 1.165) is 51.4 Å². The molecule has 0 aromatic rings. The van der Waals surface area contributed by atoms with E-state index >= 15 is 0 Å². The van der Waals surface area contributed by atoms with Crippen molar-refractivity contribution in [1.82, 2.24) is 0 Å². The molecule has 356 valence electrons. The molecule has 4 N–H and O–H groups in total. The molecule has 1 rings (SSSR count). The number of hydrogen-bond acceptors (Lipinski definition) is 11. The van der Waals surface area contributed by atoms with E-state index in [0.29, 0.717) is 19.3 Å². The number of aliphatic hydroxyl groups excluding tert-OH is 3. The Hall–Kier alpha value is -2.91. The molecule has 13 heteroatoms. The van der Waals surface area contributed by atoms with E-state index in [2.05, 4.69) is 68.5 Å². The summed E-state index contributed by atoms with van der Waals surface area (Å²) in [4.78, 5) is 25.4. The van der Waals surface area contributed by atoms with Crippen molar-refractivity contribution < 1.29 is 56.8 Å². The van der Waals surface area contributed by atoms with Gasteiger partial charge in [0.2, 0.25) is 0 Å². The first-order valence-corrected chi connectivity index (χ1v) is 25.1. The van der Waals surface area contributed by atoms with Crippen molar-refractivity contribution in [1.29, 1.82) is 0 Å². The molecule has 1 saturated heterocycles. The Morgan fingerprint density at radius 3 is 1.48 bits per heavy atom. The number of ether oxygens (including phenoxy) is 4. The van der Waals surface area contributed by atoms with E-state index in [1.165, 1.54) is 70.6 Å². The van der Waals surface area contributed by atoms with Crippen LogP contribution in [0, 0.1) is 0 Å². The van der Waals surface area contributed by atoms with Gasteiger partial charge in [0.05, 0.1) is 6.61 Å². The van der Waals surface area contributed by atoms with Crippen LogP contribution in [0.1, 0.15) is 168 Å². The van der Waals surface area contributed by atoms with Gasteiger partial charge in [0.15, 0.2) is 12.4 Å². The monoisotopic (exact) mass is 895 g/mol. The summed E-state index contributed by atoms with van der Waals surface area (Å²) in [7, 11) is -4.61. The smallest absolute Gasteiger partial charge is 0.306 e. The second-order valence-electron chi connectivity index (χ2n) is 16.0. The molecular weight excluding hydrogens is 813 g/mol. The third-order valence-corrected chi connectivity index (χ3v) is 11.1. The number of hydrogen-bond donors (Lipinski definition) is 4. The van der Waals surface area contributed by atoms with E-state index in [9.17, 15) is 37.9 Å². The highest BCUT2D eigenvalue weighted by Gasteiger charge is 2.46. The first-order chi connectivity index (χ1) is 30.0. The summed E-state index contributed by atoms with van der Waals surface area (Å²) < 4.78 is 54.0. The highest BCUT2D eigenvalue weighted by molar-refractivity contribution is 7.85. The van der Waals surface area contributed by atoms with Gasteiger partial charge in [-0.2, -0.15) is 8.42 Å². The number of aliphatic hydroxyl groups is 3. The van der Waals surface area contributed by atoms with Crippen molar-refractivity contribution in [3.05, 3.63) is 72.9 Å². The van der Waals surface area contributed by atoms with E-state index in [-0.39, 0.29) is 19.4 Å². The van der Waals surface area contributed by atoms with Crippen LogP contribution in [0.3, 0.4) is 0 Å². The minimum atomic E-state index is -4.61. The van der Waals surface area contributed by atoms with Crippen LogP contribution in [0.15, 0.2) is 72.9 Å². The van der Waals surface area contributed by atoms with Gasteiger partial charge in [-0.05, 0) is 51.4 Å². The van der Waals surface area contributed by atoms with Gasteiger partial charge in [0, 0.05) is 12.8 Å². The van der Waals surface area contributed by atoms with E-state index in [1.807, 2.05) is 18.2 Å². The number of esters is 2. The number of rotatable bonds is 38. The summed E-state index contributed by atoms with van der Waals surface area (Å²) in [6, 6.07) is 0. The Morgan fingerprint density at radius 1 is 0.565 bits per heavy atom. The molecule has 2 unspecified atom stereocenters. The molecule has 1 aliphatic rings. The predicted octanol–water partition coefficient (Wildman–Crippen LogP) is 9.89. The SMILES string of the molecule is CC/C=C/C/C=C/C/C=C/C/C=C/C/C=C/C/C=C/CCC(=O)O[C@H](COC(=O)CCCCCCCCCCCCCCCCC)CO[C@H]1O[C@H](CS(=O)(=O)O)[C@@H](O)C(O)C1O. The van der Waals surface area contributed by atoms with Gasteiger partial charge in [-0.15, -0.1) is 0 Å². The van der Waals surface area contributed by atoms with E-state index in [1.54, 1.807) is 0 Å². The van der Waals surface area contributed by atoms with Crippen LogP contribution in [0.4, 0.5) is 0 Å². The Balaban J connectivity index is 2.49. The molecule has 1 heterocycles. The molecule has 62 heavy (non-hydrogen) atoms. The van der Waals surface area contributed by atoms with Crippen molar-refractivity contribution in [2.45, 2.75) is 205 Å². The van der Waals surface area contributed by atoms with Crippen LogP contribution in [0.25, 0.3) is 0 Å². The summed E-state index contributed by atoms with van der Waals surface area (Å²) in [5.74, 6) is -2.09. The minimum Gasteiger partial charge on any atom is -0.462 e. The van der Waals surface area contributed by atoms with E-state index in [4.69, 9.17) is 18.9 Å². The topological polar surface area (TPSA) is 186 Å². The standard InChI is InChI=1S/C49H82O12S/c1-3-5-7-9-11-13-15-17-19-20-21-22-24-26-28-30-32-34-36-38-45(51)60-42(40-59-49-48(54)47(53)46(52)43(61-49)41-62(55,56)57)39-58-44(50)37-35-33-31-29-27-25-23-18-16-14-12-10-8-6-4-2/h5,7,11,13,17,19,21-22,26,28,32,34,42-43,46-49,52-54H,3-4,6,8-10,12,14-16,18,20,23-25,27,29-31,33,35-41H2,1-2H3,(H,55,56,57)/b7-5+,13-11+,19-17+,22-21+,28-26+,34-32+/t42-,43-,46-,47?,48?,49+/m1/s1. The minimum absolute atomic E-state index is 0.0373. The summed E-state index contributed by atoms with van der Waals surface area (Å²) in [5, 5.41) is 30.9. The van der Waals surface area contributed by atoms with Crippen molar-refractivity contribution in [2.75, 3.05) is 19.0 Å². The normalized spacial score (nSPS) is 20.5. The molecular formula is C49H82O12S. The van der Waals surface area contributed by atoms with Crippen molar-refractivity contribution in [2.24, 2.45) is 0 Å². The Labute approximate surface area is 374 Å². The van der Waals surface area contributed by atoms with Crippen molar-refractivity contribution >= 4 is 22.1 Å². The molecule has 0 radical (unpaired) electrons. The van der Waals surface area contributed by atoms with Crippen LogP contribution in [-0.4, -0.2) is 96.0 Å². The summed E-state index contributed by atoms with van der Waals surface area (Å²) in [6.07, 6.45) is 39.6. The van der Waals surface area contributed by atoms with Crippen LogP contribution in [-0.2, 0) is 38.7 Å². The average molecular weight is 895 g/mol. The maximum absolute atomic E-state index is 12.8. The molecule has 0 aromatic carbocycles. The molecule has 0 saturated carbocycles. The average Bonchev–Trinajstić information content (AvgIpc) is 3.24. The molecule has 0 bridgehead atoms. The molecule has 0 amide bonds. The number of allylic oxidation sites excluding steroid dienone is 12. The molecule has 1 fully saturated rings. The van der Waals surface area contributed by atoms with E-state index < -0.39 is 71.2 Å². The van der Waals surface area contributed by atoms with Crippen LogP contribution in [0.5, 0.6) is 0 Å². The third-order valence-electron chi connectivity index (χ3n) is 10.3. The zero-order valence-electron chi connectivity index (χ0n) is 37.9. The highest BCUT2D eigenvalue weighted by atomic mass is 32.2. The number of carbonyl (C=O) groups is 2. The fraction of sp³-hybridized carbons (Fsp3) is 0.714. The molecule has 1 aliphatic heterocycles. The lowest BCUT2D eigenvalue weighted by atomic mass is 10.00. The van der Waals surface area contributed by atoms with Gasteiger partial charge >= 0.3 is 11.9 Å². The van der Waals surface area contributed by atoms with Gasteiger partial charge in [0.1, 0.15) is 36.8 Å².